The third kappa shape index (κ3) is 19.4. The molecule has 0 unspecified atom stereocenters. The summed E-state index contributed by atoms with van der Waals surface area (Å²) in [5.74, 6) is -0.106. The minimum atomic E-state index is -2.96. The fourth-order valence-corrected chi connectivity index (χ4v) is 3.68. The van der Waals surface area contributed by atoms with Crippen molar-refractivity contribution < 1.29 is 32.6 Å². The Morgan fingerprint density at radius 2 is 1.50 bits per heavy atom. The molecule has 0 saturated carbocycles. The molecule has 7 nitrogen and oxygen atoms in total. The van der Waals surface area contributed by atoms with Crippen LogP contribution < -0.4 is 0 Å². The zero-order valence-corrected chi connectivity index (χ0v) is 15.8. The molecule has 0 fully saturated rings. The van der Waals surface area contributed by atoms with Gasteiger partial charge in [0.05, 0.1) is 26.2 Å². The van der Waals surface area contributed by atoms with Gasteiger partial charge in [-0.1, -0.05) is 6.42 Å². The van der Waals surface area contributed by atoms with E-state index in [-0.39, 0.29) is 18.8 Å². The van der Waals surface area contributed by atoms with E-state index in [0.29, 0.717) is 44.8 Å². The van der Waals surface area contributed by atoms with E-state index in [1.165, 1.54) is 6.26 Å². The molecule has 0 saturated heterocycles. The van der Waals surface area contributed by atoms with Crippen LogP contribution in [0.4, 0.5) is 0 Å². The minimum absolute atomic E-state index is 0.0125. The van der Waals surface area contributed by atoms with Gasteiger partial charge >= 0.3 is 5.97 Å². The molecule has 24 heavy (non-hydrogen) atoms. The molecule has 0 atom stereocenters. The first kappa shape index (κ1) is 23.4. The van der Waals surface area contributed by atoms with Gasteiger partial charge in [-0.3, -0.25) is 9.59 Å². The van der Waals surface area contributed by atoms with Crippen LogP contribution in [0.3, 0.4) is 0 Å². The largest absolute Gasteiger partial charge is 0.481 e. The first-order chi connectivity index (χ1) is 11.3. The molecule has 0 spiro atoms. The number of carboxylic acids is 1. The highest BCUT2D eigenvalue weighted by molar-refractivity contribution is 8.71. The number of unbranched alkanes of at least 4 members (excludes halogenated alkanes) is 2. The standard InChI is InChI=1S/C15H28O7S2/c1-24(19,20)23-13-4-2-3-6-14(16)7-5-9-21-11-12-22-10-8-15(17)18/h2-13H2,1H3,(H,17,18). The number of hydrogen-bond donors (Lipinski definition) is 1. The summed E-state index contributed by atoms with van der Waals surface area (Å²) in [5.41, 5.74) is 0. The molecule has 0 aromatic carbocycles. The topological polar surface area (TPSA) is 107 Å². The Labute approximate surface area is 147 Å². The Morgan fingerprint density at radius 3 is 2.12 bits per heavy atom. The van der Waals surface area contributed by atoms with E-state index in [2.05, 4.69) is 0 Å². The van der Waals surface area contributed by atoms with Crippen molar-refractivity contribution in [3.8, 4) is 0 Å². The van der Waals surface area contributed by atoms with Crippen molar-refractivity contribution in [2.45, 2.75) is 44.9 Å². The van der Waals surface area contributed by atoms with Gasteiger partial charge in [0.15, 0.2) is 8.87 Å². The van der Waals surface area contributed by atoms with Crippen molar-refractivity contribution in [3.63, 3.8) is 0 Å². The Balaban J connectivity index is 3.28. The van der Waals surface area contributed by atoms with Crippen LogP contribution in [0, 0.1) is 0 Å². The molecule has 0 aliphatic heterocycles. The molecule has 0 aliphatic rings. The number of rotatable bonds is 17. The number of aliphatic carboxylic acids is 1. The van der Waals surface area contributed by atoms with Gasteiger partial charge in [0.2, 0.25) is 0 Å². The zero-order valence-electron chi connectivity index (χ0n) is 14.2. The third-order valence-electron chi connectivity index (χ3n) is 2.97. The fourth-order valence-electron chi connectivity index (χ4n) is 1.79. The van der Waals surface area contributed by atoms with Crippen molar-refractivity contribution in [2.24, 2.45) is 0 Å². The summed E-state index contributed by atoms with van der Waals surface area (Å²) in [7, 11) is -2.00. The van der Waals surface area contributed by atoms with Crippen LogP contribution in [0.2, 0.25) is 0 Å². The molecule has 142 valence electrons. The lowest BCUT2D eigenvalue weighted by Gasteiger charge is -2.05. The molecule has 1 N–H and O–H groups in total. The average molecular weight is 385 g/mol. The Kier molecular flexibility index (Phi) is 14.3. The van der Waals surface area contributed by atoms with Gasteiger partial charge in [-0.05, 0) is 30.1 Å². The molecule has 0 aliphatic carbocycles. The molecule has 0 aromatic heterocycles. The van der Waals surface area contributed by atoms with Crippen LogP contribution >= 0.6 is 10.8 Å². The Bertz CT molecular complexity index is 449. The highest BCUT2D eigenvalue weighted by atomic mass is 33.1. The zero-order chi connectivity index (χ0) is 18.3. The van der Waals surface area contributed by atoms with Gasteiger partial charge in [0.1, 0.15) is 5.78 Å². The molecule has 9 heteroatoms. The second-order valence-corrected chi connectivity index (χ2v) is 9.92. The summed E-state index contributed by atoms with van der Waals surface area (Å²) in [6, 6.07) is 0. The first-order valence-electron chi connectivity index (χ1n) is 8.04. The number of carboxylic acid groups (broad SMARTS) is 1. The van der Waals surface area contributed by atoms with E-state index >= 15 is 0 Å². The normalized spacial score (nSPS) is 11.5. The number of Topliss-reactive ketones (excluding diaryl/α,β-unsaturated/α-hetero) is 1. The number of ether oxygens (including phenoxy) is 2. The highest BCUT2D eigenvalue weighted by Crippen LogP contribution is 2.13. The fraction of sp³-hybridized carbons (Fsp3) is 0.867. The predicted molar refractivity (Wildman–Crippen MR) is 93.9 cm³/mol. The summed E-state index contributed by atoms with van der Waals surface area (Å²) < 4.78 is 32.2. The van der Waals surface area contributed by atoms with E-state index in [1.54, 1.807) is 0 Å². The van der Waals surface area contributed by atoms with E-state index in [9.17, 15) is 18.0 Å². The molecule has 0 radical (unpaired) electrons. The van der Waals surface area contributed by atoms with Crippen molar-refractivity contribution in [2.75, 3.05) is 38.4 Å². The Hall–Kier alpha value is -0.640. The maximum absolute atomic E-state index is 11.6. The van der Waals surface area contributed by atoms with Crippen LogP contribution in [0.15, 0.2) is 0 Å². The van der Waals surface area contributed by atoms with Gasteiger partial charge in [0, 0.05) is 31.5 Å². The lowest BCUT2D eigenvalue weighted by molar-refractivity contribution is -0.138. The van der Waals surface area contributed by atoms with Crippen LogP contribution in [-0.2, 0) is 27.9 Å². The van der Waals surface area contributed by atoms with E-state index in [0.717, 1.165) is 30.1 Å². The van der Waals surface area contributed by atoms with E-state index in [4.69, 9.17) is 14.6 Å². The molecular weight excluding hydrogens is 356 g/mol. The summed E-state index contributed by atoms with van der Waals surface area (Å²) >= 11 is 0. The lowest BCUT2D eigenvalue weighted by atomic mass is 10.1. The number of carbonyl (C=O) groups is 2. The Morgan fingerprint density at radius 1 is 0.875 bits per heavy atom. The van der Waals surface area contributed by atoms with Crippen molar-refractivity contribution in [1.82, 2.24) is 0 Å². The quantitative estimate of drug-likeness (QED) is 0.300. The van der Waals surface area contributed by atoms with Gasteiger partial charge in [-0.2, -0.15) is 0 Å². The van der Waals surface area contributed by atoms with Crippen LogP contribution in [0.5, 0.6) is 0 Å². The molecule has 0 heterocycles. The molecule has 0 amide bonds. The van der Waals surface area contributed by atoms with Gasteiger partial charge in [0.25, 0.3) is 0 Å². The maximum Gasteiger partial charge on any atom is 0.305 e. The lowest BCUT2D eigenvalue weighted by Crippen LogP contribution is -2.09. The predicted octanol–water partition coefficient (Wildman–Crippen LogP) is 2.10. The second-order valence-electron chi connectivity index (χ2n) is 5.35. The third-order valence-corrected chi connectivity index (χ3v) is 5.64. The van der Waals surface area contributed by atoms with Crippen LogP contribution in [0.25, 0.3) is 0 Å². The minimum Gasteiger partial charge on any atom is -0.481 e. The van der Waals surface area contributed by atoms with Gasteiger partial charge in [-0.25, -0.2) is 8.42 Å². The molecule has 0 aromatic rings. The number of carbonyl (C=O) groups excluding carboxylic acids is 1. The van der Waals surface area contributed by atoms with E-state index in [1.807, 2.05) is 0 Å². The summed E-state index contributed by atoms with van der Waals surface area (Å²) in [5, 5.41) is 8.41. The second kappa shape index (κ2) is 14.7. The van der Waals surface area contributed by atoms with Gasteiger partial charge in [-0.15, -0.1) is 0 Å². The summed E-state index contributed by atoms with van der Waals surface area (Å²) in [6.07, 6.45) is 5.32. The van der Waals surface area contributed by atoms with Gasteiger partial charge < -0.3 is 14.6 Å². The van der Waals surface area contributed by atoms with Crippen LogP contribution in [0.1, 0.15) is 44.9 Å². The SMILES string of the molecule is CS(=O)(=O)SCCCCCC(=O)CCCOCCOCCC(=O)O. The van der Waals surface area contributed by atoms with Crippen molar-refractivity contribution in [3.05, 3.63) is 0 Å². The average Bonchev–Trinajstić information content (AvgIpc) is 2.47. The highest BCUT2D eigenvalue weighted by Gasteiger charge is 2.04. The van der Waals surface area contributed by atoms with Crippen molar-refractivity contribution >= 4 is 31.4 Å². The molecular formula is C15H28O7S2. The smallest absolute Gasteiger partial charge is 0.305 e. The molecule has 0 rings (SSSR count). The number of ketones is 1. The number of hydrogen-bond acceptors (Lipinski definition) is 7. The first-order valence-corrected chi connectivity index (χ1v) is 11.4. The molecule has 0 bridgehead atoms. The van der Waals surface area contributed by atoms with Crippen LogP contribution in [-0.4, -0.2) is 63.7 Å². The monoisotopic (exact) mass is 384 g/mol. The summed E-state index contributed by atoms with van der Waals surface area (Å²) in [4.78, 5) is 21.9. The summed E-state index contributed by atoms with van der Waals surface area (Å²) in [6.45, 7) is 1.41. The van der Waals surface area contributed by atoms with Crippen molar-refractivity contribution in [1.29, 1.82) is 0 Å². The van der Waals surface area contributed by atoms with E-state index < -0.39 is 14.8 Å². The maximum atomic E-state index is 11.6.